The molecule has 0 spiro atoms. The van der Waals surface area contributed by atoms with Crippen molar-refractivity contribution in [3.05, 3.63) is 58.1 Å². The second-order valence-corrected chi connectivity index (χ2v) is 6.12. The Labute approximate surface area is 152 Å². The van der Waals surface area contributed by atoms with E-state index in [0.29, 0.717) is 29.5 Å². The Kier molecular flexibility index (Phi) is 6.54. The number of rotatable bonds is 8. The molecular formula is C19H22N2O5. The Morgan fingerprint density at radius 3 is 2.58 bits per heavy atom. The van der Waals surface area contributed by atoms with Crippen LogP contribution in [0, 0.1) is 16.0 Å². The quantitative estimate of drug-likeness (QED) is 0.562. The molecule has 7 nitrogen and oxygen atoms in total. The molecule has 0 aromatic heterocycles. The molecule has 0 unspecified atom stereocenters. The van der Waals surface area contributed by atoms with E-state index in [-0.39, 0.29) is 17.3 Å². The van der Waals surface area contributed by atoms with E-state index in [0.717, 1.165) is 6.42 Å². The molecule has 0 saturated carbocycles. The lowest BCUT2D eigenvalue weighted by molar-refractivity contribution is -0.384. The number of amides is 1. The lowest BCUT2D eigenvalue weighted by Crippen LogP contribution is -2.15. The molecule has 1 amide bonds. The fourth-order valence-electron chi connectivity index (χ4n) is 2.27. The number of non-ortho nitro benzene ring substituents is 1. The SMILES string of the molecule is COc1cc([N+](=O)[O-])ccc1NC(=O)c1ccccc1OCCC(C)C. The second kappa shape index (κ2) is 8.84. The fraction of sp³-hybridized carbons (Fsp3) is 0.316. The Bertz CT molecular complexity index is 789. The van der Waals surface area contributed by atoms with E-state index in [1.54, 1.807) is 24.3 Å². The first-order chi connectivity index (χ1) is 12.4. The molecule has 2 rings (SSSR count). The van der Waals surface area contributed by atoms with Gasteiger partial charge in [0.05, 0.1) is 36.0 Å². The fourth-order valence-corrected chi connectivity index (χ4v) is 2.27. The first-order valence-corrected chi connectivity index (χ1v) is 8.28. The number of nitrogens with zero attached hydrogens (tertiary/aromatic N) is 1. The van der Waals surface area contributed by atoms with Gasteiger partial charge in [0.25, 0.3) is 11.6 Å². The molecule has 0 radical (unpaired) electrons. The molecule has 138 valence electrons. The van der Waals surface area contributed by atoms with Crippen LogP contribution in [0.4, 0.5) is 11.4 Å². The average Bonchev–Trinajstić information content (AvgIpc) is 2.61. The number of hydrogen-bond donors (Lipinski definition) is 1. The molecule has 0 aliphatic carbocycles. The van der Waals surface area contributed by atoms with Gasteiger partial charge in [-0.05, 0) is 30.5 Å². The molecule has 0 heterocycles. The summed E-state index contributed by atoms with van der Waals surface area (Å²) in [5.74, 6) is 0.829. The van der Waals surface area contributed by atoms with E-state index in [9.17, 15) is 14.9 Å². The molecule has 7 heteroatoms. The molecule has 0 aliphatic rings. The Morgan fingerprint density at radius 2 is 1.92 bits per heavy atom. The maximum absolute atomic E-state index is 12.6. The molecule has 0 fully saturated rings. The number of hydrogen-bond acceptors (Lipinski definition) is 5. The van der Waals surface area contributed by atoms with E-state index >= 15 is 0 Å². The summed E-state index contributed by atoms with van der Waals surface area (Å²) in [6.45, 7) is 4.72. The third-order valence-corrected chi connectivity index (χ3v) is 3.73. The summed E-state index contributed by atoms with van der Waals surface area (Å²) in [5, 5.41) is 13.6. The first kappa shape index (κ1) is 19.2. The predicted octanol–water partition coefficient (Wildman–Crippen LogP) is 4.28. The zero-order chi connectivity index (χ0) is 19.1. The van der Waals surface area contributed by atoms with Crippen LogP contribution in [-0.4, -0.2) is 24.5 Å². The van der Waals surface area contributed by atoms with E-state index in [2.05, 4.69) is 19.2 Å². The van der Waals surface area contributed by atoms with Crippen LogP contribution in [0.25, 0.3) is 0 Å². The molecule has 26 heavy (non-hydrogen) atoms. The van der Waals surface area contributed by atoms with Crippen molar-refractivity contribution in [1.29, 1.82) is 0 Å². The molecular weight excluding hydrogens is 336 g/mol. The van der Waals surface area contributed by atoms with Gasteiger partial charge >= 0.3 is 0 Å². The lowest BCUT2D eigenvalue weighted by Gasteiger charge is -2.14. The number of anilines is 1. The van der Waals surface area contributed by atoms with Crippen molar-refractivity contribution in [3.63, 3.8) is 0 Å². The number of nitro benzene ring substituents is 1. The summed E-state index contributed by atoms with van der Waals surface area (Å²) in [6, 6.07) is 11.0. The van der Waals surface area contributed by atoms with E-state index in [1.807, 2.05) is 0 Å². The largest absolute Gasteiger partial charge is 0.494 e. The van der Waals surface area contributed by atoms with Gasteiger partial charge in [-0.3, -0.25) is 14.9 Å². The number of nitro groups is 1. The minimum atomic E-state index is -0.522. The van der Waals surface area contributed by atoms with Gasteiger partial charge in [-0.25, -0.2) is 0 Å². The predicted molar refractivity (Wildman–Crippen MR) is 99.0 cm³/mol. The van der Waals surface area contributed by atoms with E-state index in [1.165, 1.54) is 25.3 Å². The summed E-state index contributed by atoms with van der Waals surface area (Å²) in [6.07, 6.45) is 0.881. The van der Waals surface area contributed by atoms with E-state index < -0.39 is 4.92 Å². The highest BCUT2D eigenvalue weighted by molar-refractivity contribution is 6.06. The average molecular weight is 358 g/mol. The summed E-state index contributed by atoms with van der Waals surface area (Å²) < 4.78 is 10.9. The van der Waals surface area contributed by atoms with Crippen molar-refractivity contribution < 1.29 is 19.2 Å². The number of benzene rings is 2. The van der Waals surface area contributed by atoms with Crippen LogP contribution in [0.1, 0.15) is 30.6 Å². The third-order valence-electron chi connectivity index (χ3n) is 3.73. The maximum Gasteiger partial charge on any atom is 0.273 e. The Morgan fingerprint density at radius 1 is 1.19 bits per heavy atom. The van der Waals surface area contributed by atoms with Crippen molar-refractivity contribution in [2.24, 2.45) is 5.92 Å². The number of para-hydroxylation sites is 1. The zero-order valence-corrected chi connectivity index (χ0v) is 15.0. The van der Waals surface area contributed by atoms with Crippen molar-refractivity contribution in [2.75, 3.05) is 19.0 Å². The van der Waals surface area contributed by atoms with Gasteiger partial charge in [-0.2, -0.15) is 0 Å². The van der Waals surface area contributed by atoms with Crippen molar-refractivity contribution >= 4 is 17.3 Å². The Balaban J connectivity index is 2.19. The highest BCUT2D eigenvalue weighted by Gasteiger charge is 2.17. The molecule has 1 N–H and O–H groups in total. The highest BCUT2D eigenvalue weighted by atomic mass is 16.6. The second-order valence-electron chi connectivity index (χ2n) is 6.12. The van der Waals surface area contributed by atoms with Gasteiger partial charge in [-0.15, -0.1) is 0 Å². The van der Waals surface area contributed by atoms with Crippen LogP contribution in [0.3, 0.4) is 0 Å². The summed E-state index contributed by atoms with van der Waals surface area (Å²) >= 11 is 0. The number of methoxy groups -OCH3 is 1. The molecule has 0 bridgehead atoms. The highest BCUT2D eigenvalue weighted by Crippen LogP contribution is 2.30. The van der Waals surface area contributed by atoms with Gasteiger partial charge in [0.15, 0.2) is 0 Å². The van der Waals surface area contributed by atoms with Gasteiger partial charge < -0.3 is 14.8 Å². The van der Waals surface area contributed by atoms with Crippen molar-refractivity contribution in [3.8, 4) is 11.5 Å². The number of carbonyl (C=O) groups is 1. The first-order valence-electron chi connectivity index (χ1n) is 8.28. The summed E-state index contributed by atoms with van der Waals surface area (Å²) in [5.41, 5.74) is 0.619. The van der Waals surface area contributed by atoms with Crippen LogP contribution in [0.2, 0.25) is 0 Å². The van der Waals surface area contributed by atoms with Crippen molar-refractivity contribution in [1.82, 2.24) is 0 Å². The summed E-state index contributed by atoms with van der Waals surface area (Å²) in [4.78, 5) is 23.0. The third kappa shape index (κ3) is 4.95. The minimum Gasteiger partial charge on any atom is -0.494 e. The normalized spacial score (nSPS) is 10.5. The van der Waals surface area contributed by atoms with Gasteiger partial charge in [0.1, 0.15) is 11.5 Å². The summed E-state index contributed by atoms with van der Waals surface area (Å²) in [7, 11) is 1.39. The maximum atomic E-state index is 12.6. The zero-order valence-electron chi connectivity index (χ0n) is 15.0. The molecule has 0 saturated heterocycles. The standard InChI is InChI=1S/C19H22N2O5/c1-13(2)10-11-26-17-7-5-4-6-15(17)19(22)20-16-9-8-14(21(23)24)12-18(16)25-3/h4-9,12-13H,10-11H2,1-3H3,(H,20,22). The number of nitrogens with one attached hydrogen (secondary N) is 1. The van der Waals surface area contributed by atoms with Gasteiger partial charge in [-0.1, -0.05) is 26.0 Å². The van der Waals surface area contributed by atoms with Gasteiger partial charge in [0.2, 0.25) is 0 Å². The van der Waals surface area contributed by atoms with Crippen LogP contribution >= 0.6 is 0 Å². The number of carbonyl (C=O) groups excluding carboxylic acids is 1. The Hall–Kier alpha value is -3.09. The van der Waals surface area contributed by atoms with Gasteiger partial charge in [0, 0.05) is 6.07 Å². The van der Waals surface area contributed by atoms with Crippen LogP contribution in [0.15, 0.2) is 42.5 Å². The molecule has 0 atom stereocenters. The molecule has 2 aromatic carbocycles. The smallest absolute Gasteiger partial charge is 0.273 e. The molecule has 2 aromatic rings. The number of ether oxygens (including phenoxy) is 2. The van der Waals surface area contributed by atoms with Crippen molar-refractivity contribution in [2.45, 2.75) is 20.3 Å². The van der Waals surface area contributed by atoms with Crippen LogP contribution < -0.4 is 14.8 Å². The molecule has 0 aliphatic heterocycles. The monoisotopic (exact) mass is 358 g/mol. The van der Waals surface area contributed by atoms with E-state index in [4.69, 9.17) is 9.47 Å². The van der Waals surface area contributed by atoms with Crippen LogP contribution in [-0.2, 0) is 0 Å². The minimum absolute atomic E-state index is 0.114. The lowest BCUT2D eigenvalue weighted by atomic mass is 10.1. The topological polar surface area (TPSA) is 90.7 Å². The van der Waals surface area contributed by atoms with Crippen LogP contribution in [0.5, 0.6) is 11.5 Å².